The van der Waals surface area contributed by atoms with Crippen molar-refractivity contribution in [3.63, 3.8) is 0 Å². The molecule has 0 amide bonds. The highest BCUT2D eigenvalue weighted by Gasteiger charge is 2.45. The smallest absolute Gasteiger partial charge is 0.192 e. The third-order valence-electron chi connectivity index (χ3n) is 3.42. The zero-order chi connectivity index (χ0) is 12.0. The largest absolute Gasteiger partial charge is 0.441 e. The highest BCUT2D eigenvalue weighted by atomic mass is 16.5. The van der Waals surface area contributed by atoms with E-state index in [1.54, 1.807) is 6.92 Å². The van der Waals surface area contributed by atoms with Crippen LogP contribution in [0.3, 0.4) is 0 Å². The fourth-order valence-corrected chi connectivity index (χ4v) is 2.22. The molecular formula is C13H13NO3. The Morgan fingerprint density at radius 1 is 1.41 bits per heavy atom. The lowest BCUT2D eigenvalue weighted by Gasteiger charge is -2.39. The molecule has 0 N–H and O–H groups in total. The molecule has 4 heteroatoms. The Bertz CT molecular complexity index is 596. The Hall–Kier alpha value is -1.68. The first-order chi connectivity index (χ1) is 8.12. The first-order valence-electron chi connectivity index (χ1n) is 5.58. The molecule has 4 nitrogen and oxygen atoms in total. The van der Waals surface area contributed by atoms with Gasteiger partial charge in [0, 0.05) is 6.92 Å². The summed E-state index contributed by atoms with van der Waals surface area (Å²) in [6.45, 7) is 4.35. The normalized spacial score (nSPS) is 18.0. The second kappa shape index (κ2) is 3.40. The number of benzene rings is 1. The van der Waals surface area contributed by atoms with Gasteiger partial charge in [-0.25, -0.2) is 4.98 Å². The van der Waals surface area contributed by atoms with E-state index in [4.69, 9.17) is 9.15 Å². The number of rotatable bonds is 2. The minimum absolute atomic E-state index is 0.142. The number of aryl methyl sites for hydroxylation is 1. The monoisotopic (exact) mass is 231 g/mol. The summed E-state index contributed by atoms with van der Waals surface area (Å²) >= 11 is 0. The summed E-state index contributed by atoms with van der Waals surface area (Å²) in [4.78, 5) is 16.1. The average Bonchev–Trinajstić information content (AvgIpc) is 2.54. The quantitative estimate of drug-likeness (QED) is 0.793. The van der Waals surface area contributed by atoms with Gasteiger partial charge in [-0.15, -0.1) is 0 Å². The zero-order valence-corrected chi connectivity index (χ0v) is 9.82. The molecule has 0 saturated carbocycles. The molecule has 1 aliphatic heterocycles. The van der Waals surface area contributed by atoms with E-state index in [0.29, 0.717) is 19.1 Å². The number of fused-ring (bicyclic) bond motifs is 1. The van der Waals surface area contributed by atoms with Gasteiger partial charge >= 0.3 is 0 Å². The molecule has 88 valence electrons. The van der Waals surface area contributed by atoms with Crippen LogP contribution >= 0.6 is 0 Å². The van der Waals surface area contributed by atoms with Crippen molar-refractivity contribution >= 4 is 16.9 Å². The van der Waals surface area contributed by atoms with E-state index in [1.165, 1.54) is 0 Å². The van der Waals surface area contributed by atoms with Crippen LogP contribution < -0.4 is 0 Å². The maximum Gasteiger partial charge on any atom is 0.192 e. The number of ether oxygens (including phenoxy) is 1. The SMILES string of the molecule is CC(=O)C1(c2ccc3oc(C)nc3c2)COC1. The summed E-state index contributed by atoms with van der Waals surface area (Å²) in [5, 5.41) is 0. The van der Waals surface area contributed by atoms with Gasteiger partial charge in [-0.05, 0) is 24.6 Å². The lowest BCUT2D eigenvalue weighted by molar-refractivity contribution is -0.140. The number of carbonyl (C=O) groups is 1. The second-order valence-corrected chi connectivity index (χ2v) is 4.55. The Labute approximate surface area is 98.6 Å². The van der Waals surface area contributed by atoms with Crippen molar-refractivity contribution in [2.75, 3.05) is 13.2 Å². The number of hydrogen-bond donors (Lipinski definition) is 0. The number of aromatic nitrogens is 1. The molecular weight excluding hydrogens is 218 g/mol. The van der Waals surface area contributed by atoms with Crippen molar-refractivity contribution < 1.29 is 13.9 Å². The fourth-order valence-electron chi connectivity index (χ4n) is 2.22. The van der Waals surface area contributed by atoms with E-state index in [-0.39, 0.29) is 5.78 Å². The van der Waals surface area contributed by atoms with Crippen LogP contribution in [0.4, 0.5) is 0 Å². The molecule has 1 aromatic heterocycles. The predicted molar refractivity (Wildman–Crippen MR) is 61.9 cm³/mol. The standard InChI is InChI=1S/C13H13NO3/c1-8(15)13(6-16-7-13)10-3-4-12-11(5-10)14-9(2)17-12/h3-5H,6-7H2,1-2H3. The van der Waals surface area contributed by atoms with Crippen molar-refractivity contribution in [3.05, 3.63) is 29.7 Å². The molecule has 0 atom stereocenters. The van der Waals surface area contributed by atoms with Gasteiger partial charge in [-0.2, -0.15) is 0 Å². The summed E-state index contributed by atoms with van der Waals surface area (Å²) in [6, 6.07) is 5.72. The van der Waals surface area contributed by atoms with Crippen molar-refractivity contribution in [2.24, 2.45) is 0 Å². The number of Topliss-reactive ketones (excluding diaryl/α,β-unsaturated/α-hetero) is 1. The molecule has 1 saturated heterocycles. The first kappa shape index (κ1) is 10.5. The van der Waals surface area contributed by atoms with Gasteiger partial charge in [0.1, 0.15) is 16.7 Å². The number of hydrogen-bond acceptors (Lipinski definition) is 4. The van der Waals surface area contributed by atoms with Crippen LogP contribution in [0.5, 0.6) is 0 Å². The molecule has 0 radical (unpaired) electrons. The van der Waals surface area contributed by atoms with Gasteiger partial charge in [0.15, 0.2) is 11.5 Å². The molecule has 1 aromatic carbocycles. The summed E-state index contributed by atoms with van der Waals surface area (Å²) in [5.41, 5.74) is 2.05. The van der Waals surface area contributed by atoms with Crippen LogP contribution in [0.1, 0.15) is 18.4 Å². The Morgan fingerprint density at radius 3 is 2.76 bits per heavy atom. The van der Waals surface area contributed by atoms with Gasteiger partial charge in [0.2, 0.25) is 0 Å². The van der Waals surface area contributed by atoms with Crippen LogP contribution in [-0.2, 0) is 14.9 Å². The number of nitrogens with zero attached hydrogens (tertiary/aromatic N) is 1. The van der Waals surface area contributed by atoms with Crippen molar-refractivity contribution in [1.29, 1.82) is 0 Å². The summed E-state index contributed by atoms with van der Waals surface area (Å²) in [5.74, 6) is 0.780. The number of ketones is 1. The van der Waals surface area contributed by atoms with E-state index in [9.17, 15) is 4.79 Å². The second-order valence-electron chi connectivity index (χ2n) is 4.55. The van der Waals surface area contributed by atoms with E-state index >= 15 is 0 Å². The Kier molecular flexibility index (Phi) is 2.10. The predicted octanol–water partition coefficient (Wildman–Crippen LogP) is 1.99. The van der Waals surface area contributed by atoms with Crippen LogP contribution in [0.15, 0.2) is 22.6 Å². The third-order valence-corrected chi connectivity index (χ3v) is 3.42. The zero-order valence-electron chi connectivity index (χ0n) is 9.82. The highest BCUT2D eigenvalue weighted by Crippen LogP contribution is 2.34. The topological polar surface area (TPSA) is 52.3 Å². The molecule has 0 aliphatic carbocycles. The Balaban J connectivity index is 2.14. The average molecular weight is 231 g/mol. The number of oxazole rings is 1. The van der Waals surface area contributed by atoms with Crippen LogP contribution in [0.25, 0.3) is 11.1 Å². The molecule has 2 heterocycles. The van der Waals surface area contributed by atoms with E-state index in [1.807, 2.05) is 25.1 Å². The summed E-state index contributed by atoms with van der Waals surface area (Å²) in [7, 11) is 0. The van der Waals surface area contributed by atoms with Gasteiger partial charge in [0.25, 0.3) is 0 Å². The maximum absolute atomic E-state index is 11.8. The molecule has 1 aliphatic rings. The minimum atomic E-state index is -0.471. The van der Waals surface area contributed by atoms with Crippen molar-refractivity contribution in [2.45, 2.75) is 19.3 Å². The van der Waals surface area contributed by atoms with Crippen LogP contribution in [-0.4, -0.2) is 24.0 Å². The maximum atomic E-state index is 11.8. The van der Waals surface area contributed by atoms with Crippen molar-refractivity contribution in [3.8, 4) is 0 Å². The van der Waals surface area contributed by atoms with E-state index in [0.717, 1.165) is 16.7 Å². The minimum Gasteiger partial charge on any atom is -0.441 e. The molecule has 1 fully saturated rings. The fraction of sp³-hybridized carbons (Fsp3) is 0.385. The van der Waals surface area contributed by atoms with Crippen LogP contribution in [0, 0.1) is 6.92 Å². The van der Waals surface area contributed by atoms with Gasteiger partial charge in [0.05, 0.1) is 13.2 Å². The van der Waals surface area contributed by atoms with Crippen molar-refractivity contribution in [1.82, 2.24) is 4.98 Å². The van der Waals surface area contributed by atoms with Crippen LogP contribution in [0.2, 0.25) is 0 Å². The Morgan fingerprint density at radius 2 is 2.18 bits per heavy atom. The third kappa shape index (κ3) is 1.41. The summed E-state index contributed by atoms with van der Waals surface area (Å²) in [6.07, 6.45) is 0. The van der Waals surface area contributed by atoms with Gasteiger partial charge in [-0.1, -0.05) is 6.07 Å². The number of carbonyl (C=O) groups excluding carboxylic acids is 1. The van der Waals surface area contributed by atoms with E-state index in [2.05, 4.69) is 4.98 Å². The molecule has 3 rings (SSSR count). The molecule has 0 spiro atoms. The highest BCUT2D eigenvalue weighted by molar-refractivity contribution is 5.90. The molecule has 0 unspecified atom stereocenters. The molecule has 2 aromatic rings. The van der Waals surface area contributed by atoms with E-state index < -0.39 is 5.41 Å². The lowest BCUT2D eigenvalue weighted by atomic mass is 9.75. The van der Waals surface area contributed by atoms with Gasteiger partial charge in [-0.3, -0.25) is 4.79 Å². The lowest BCUT2D eigenvalue weighted by Crippen LogP contribution is -2.52. The first-order valence-corrected chi connectivity index (χ1v) is 5.58. The van der Waals surface area contributed by atoms with Gasteiger partial charge < -0.3 is 9.15 Å². The summed E-state index contributed by atoms with van der Waals surface area (Å²) < 4.78 is 10.6. The molecule has 0 bridgehead atoms. The molecule has 17 heavy (non-hydrogen) atoms.